The van der Waals surface area contributed by atoms with Crippen LogP contribution in [0, 0.1) is 0 Å². The van der Waals surface area contributed by atoms with Crippen molar-refractivity contribution in [1.29, 1.82) is 0 Å². The number of carbonyl (C=O) groups is 1. The quantitative estimate of drug-likeness (QED) is 0.695. The molecule has 1 aliphatic rings. The number of aromatic nitrogens is 1. The second-order valence-electron chi connectivity index (χ2n) is 6.67. The van der Waals surface area contributed by atoms with E-state index in [1.807, 2.05) is 42.5 Å². The zero-order valence-electron chi connectivity index (χ0n) is 14.8. The van der Waals surface area contributed by atoms with Crippen molar-refractivity contribution in [2.75, 3.05) is 18.5 Å². The third-order valence-electron chi connectivity index (χ3n) is 4.74. The Morgan fingerprint density at radius 1 is 1.15 bits per heavy atom. The summed E-state index contributed by atoms with van der Waals surface area (Å²) in [5.41, 5.74) is 8.35. The maximum Gasteiger partial charge on any atom is 0.244 e. The van der Waals surface area contributed by atoms with Crippen LogP contribution >= 0.6 is 23.7 Å². The first-order chi connectivity index (χ1) is 12.6. The molecule has 1 aliphatic heterocycles. The van der Waals surface area contributed by atoms with E-state index in [1.165, 1.54) is 4.70 Å². The van der Waals surface area contributed by atoms with E-state index in [4.69, 9.17) is 10.5 Å². The van der Waals surface area contributed by atoms with Crippen molar-refractivity contribution in [1.82, 2.24) is 4.98 Å². The number of rotatable bonds is 4. The summed E-state index contributed by atoms with van der Waals surface area (Å²) in [4.78, 5) is 17.1. The summed E-state index contributed by atoms with van der Waals surface area (Å²) in [6.07, 6.45) is 1.88. The van der Waals surface area contributed by atoms with Crippen molar-refractivity contribution in [3.05, 3.63) is 59.1 Å². The van der Waals surface area contributed by atoms with Crippen molar-refractivity contribution in [3.8, 4) is 0 Å². The highest BCUT2D eigenvalue weighted by Gasteiger charge is 2.35. The molecule has 3 N–H and O–H groups in total. The molecule has 4 rings (SSSR count). The zero-order chi connectivity index (χ0) is 18.0. The summed E-state index contributed by atoms with van der Waals surface area (Å²) < 4.78 is 6.50. The van der Waals surface area contributed by atoms with Crippen LogP contribution in [0.5, 0.6) is 0 Å². The fourth-order valence-electron chi connectivity index (χ4n) is 3.09. The topological polar surface area (TPSA) is 77.2 Å². The highest BCUT2D eigenvalue weighted by atomic mass is 35.5. The minimum Gasteiger partial charge on any atom is -0.381 e. The molecule has 0 spiro atoms. The van der Waals surface area contributed by atoms with Crippen molar-refractivity contribution in [2.24, 2.45) is 5.73 Å². The molecule has 5 nitrogen and oxygen atoms in total. The van der Waals surface area contributed by atoms with Gasteiger partial charge in [-0.15, -0.1) is 23.7 Å². The van der Waals surface area contributed by atoms with Gasteiger partial charge in [0.15, 0.2) is 0 Å². The molecule has 0 saturated carbocycles. The lowest BCUT2D eigenvalue weighted by molar-refractivity contribution is -0.124. The number of nitrogens with one attached hydrogen (secondary N) is 1. The van der Waals surface area contributed by atoms with Crippen LogP contribution in [0.25, 0.3) is 10.2 Å². The van der Waals surface area contributed by atoms with Gasteiger partial charge in [-0.3, -0.25) is 4.79 Å². The number of benzene rings is 2. The average Bonchev–Trinajstić information content (AvgIpc) is 3.06. The van der Waals surface area contributed by atoms with Gasteiger partial charge in [-0.1, -0.05) is 24.3 Å². The van der Waals surface area contributed by atoms with Gasteiger partial charge >= 0.3 is 0 Å². The number of hydrogen-bond acceptors (Lipinski definition) is 5. The van der Waals surface area contributed by atoms with E-state index in [2.05, 4.69) is 16.4 Å². The van der Waals surface area contributed by atoms with Gasteiger partial charge in [0.1, 0.15) is 5.54 Å². The van der Waals surface area contributed by atoms with Crippen LogP contribution < -0.4 is 11.1 Å². The summed E-state index contributed by atoms with van der Waals surface area (Å²) >= 11 is 1.72. The Labute approximate surface area is 168 Å². The van der Waals surface area contributed by atoms with Crippen LogP contribution in [0.2, 0.25) is 0 Å². The molecular weight excluding hydrogens is 382 g/mol. The molecule has 1 aromatic heterocycles. The van der Waals surface area contributed by atoms with Crippen LogP contribution in [-0.2, 0) is 16.0 Å². The van der Waals surface area contributed by atoms with Gasteiger partial charge in [-0.2, -0.15) is 0 Å². The molecule has 0 unspecified atom stereocenters. The second kappa shape index (κ2) is 8.35. The van der Waals surface area contributed by atoms with Crippen LogP contribution in [0.15, 0.2) is 48.5 Å². The first-order valence-corrected chi connectivity index (χ1v) is 9.56. The van der Waals surface area contributed by atoms with Gasteiger partial charge in [-0.25, -0.2) is 4.98 Å². The monoisotopic (exact) mass is 403 g/mol. The largest absolute Gasteiger partial charge is 0.381 e. The molecule has 142 valence electrons. The summed E-state index contributed by atoms with van der Waals surface area (Å²) in [6.45, 7) is 1.07. The van der Waals surface area contributed by atoms with Crippen LogP contribution in [0.3, 0.4) is 0 Å². The Morgan fingerprint density at radius 2 is 1.85 bits per heavy atom. The number of nitrogens with two attached hydrogens (primary N) is 1. The maximum absolute atomic E-state index is 12.5. The maximum atomic E-state index is 12.5. The molecular formula is C20H22ClN3O2S. The summed E-state index contributed by atoms with van der Waals surface area (Å²) in [7, 11) is 0. The molecule has 1 fully saturated rings. The Balaban J connectivity index is 0.00000210. The lowest BCUT2D eigenvalue weighted by Crippen LogP contribution is -2.54. The first-order valence-electron chi connectivity index (χ1n) is 8.74. The van der Waals surface area contributed by atoms with Crippen molar-refractivity contribution < 1.29 is 9.53 Å². The first kappa shape index (κ1) is 19.8. The van der Waals surface area contributed by atoms with Crippen molar-refractivity contribution >= 4 is 45.6 Å². The van der Waals surface area contributed by atoms with E-state index in [-0.39, 0.29) is 18.3 Å². The predicted octanol–water partition coefficient (Wildman–Crippen LogP) is 3.76. The predicted molar refractivity (Wildman–Crippen MR) is 112 cm³/mol. The van der Waals surface area contributed by atoms with Gasteiger partial charge < -0.3 is 15.8 Å². The van der Waals surface area contributed by atoms with Crippen LogP contribution in [0.4, 0.5) is 5.69 Å². The normalized spacial score (nSPS) is 15.9. The Bertz CT molecular complexity index is 887. The summed E-state index contributed by atoms with van der Waals surface area (Å²) in [5, 5.41) is 4.02. The number of nitrogens with zero attached hydrogens (tertiary/aromatic N) is 1. The number of carbonyl (C=O) groups excluding carboxylic acids is 1. The number of anilines is 1. The lowest BCUT2D eigenvalue weighted by Gasteiger charge is -2.31. The number of amides is 1. The highest BCUT2D eigenvalue weighted by molar-refractivity contribution is 7.18. The van der Waals surface area contributed by atoms with E-state index >= 15 is 0 Å². The smallest absolute Gasteiger partial charge is 0.244 e. The SMILES string of the molecule is Cl.NC1(C(=O)Nc2ccc(Cc3nc4ccccc4s3)cc2)CCOCC1. The molecule has 0 atom stereocenters. The molecule has 2 heterocycles. The van der Waals surface area contributed by atoms with E-state index in [0.29, 0.717) is 26.1 Å². The fourth-order valence-corrected chi connectivity index (χ4v) is 4.10. The van der Waals surface area contributed by atoms with Gasteiger partial charge in [0.25, 0.3) is 0 Å². The Kier molecular flexibility index (Phi) is 6.11. The fraction of sp³-hybridized carbons (Fsp3) is 0.300. The molecule has 2 aromatic carbocycles. The molecule has 0 radical (unpaired) electrons. The van der Waals surface area contributed by atoms with Crippen LogP contribution in [-0.4, -0.2) is 29.6 Å². The van der Waals surface area contributed by atoms with Crippen LogP contribution in [0.1, 0.15) is 23.4 Å². The minimum absolute atomic E-state index is 0. The van der Waals surface area contributed by atoms with Crippen molar-refractivity contribution in [3.63, 3.8) is 0 Å². The van der Waals surface area contributed by atoms with Gasteiger partial charge in [0.2, 0.25) is 5.91 Å². The number of halogens is 1. The molecule has 0 aliphatic carbocycles. The van der Waals surface area contributed by atoms with E-state index in [1.54, 1.807) is 11.3 Å². The average molecular weight is 404 g/mol. The third kappa shape index (κ3) is 4.47. The molecule has 0 bridgehead atoms. The lowest BCUT2D eigenvalue weighted by atomic mass is 9.90. The number of hydrogen-bond donors (Lipinski definition) is 2. The zero-order valence-corrected chi connectivity index (χ0v) is 16.4. The molecule has 27 heavy (non-hydrogen) atoms. The van der Waals surface area contributed by atoms with Gasteiger partial charge in [-0.05, 0) is 42.7 Å². The number of thiazole rings is 1. The second-order valence-corrected chi connectivity index (χ2v) is 7.79. The van der Waals surface area contributed by atoms with Crippen molar-refractivity contribution in [2.45, 2.75) is 24.8 Å². The standard InChI is InChI=1S/C20H21N3O2S.ClH/c21-20(9-11-25-12-10-20)19(24)22-15-7-5-14(6-8-15)13-18-23-16-3-1-2-4-17(16)26-18;/h1-8H,9-13,21H2,(H,22,24);1H. The van der Waals surface area contributed by atoms with Gasteiger partial charge in [0.05, 0.1) is 15.2 Å². The van der Waals surface area contributed by atoms with E-state index < -0.39 is 5.54 Å². The van der Waals surface area contributed by atoms with Gasteiger partial charge in [0, 0.05) is 25.3 Å². The molecule has 7 heteroatoms. The van der Waals surface area contributed by atoms with E-state index in [0.717, 1.165) is 28.2 Å². The molecule has 1 amide bonds. The Hall–Kier alpha value is -1.99. The number of para-hydroxylation sites is 1. The summed E-state index contributed by atoms with van der Waals surface area (Å²) in [5.74, 6) is -0.139. The molecule has 1 saturated heterocycles. The summed E-state index contributed by atoms with van der Waals surface area (Å²) in [6, 6.07) is 16.0. The molecule has 3 aromatic rings. The van der Waals surface area contributed by atoms with E-state index in [9.17, 15) is 4.79 Å². The number of fused-ring (bicyclic) bond motifs is 1. The number of ether oxygens (including phenoxy) is 1. The highest BCUT2D eigenvalue weighted by Crippen LogP contribution is 2.24. The third-order valence-corrected chi connectivity index (χ3v) is 5.78. The Morgan fingerprint density at radius 3 is 2.56 bits per heavy atom. The minimum atomic E-state index is -0.835.